The standard InChI is InChI=1S/C13H20BrNO/c1-5-9(2)10(3)15-12-8-11(14)6-7-13(12)16-4/h6-10,15H,5H2,1-4H3. The normalized spacial score (nSPS) is 14.3. The van der Waals surface area contributed by atoms with Gasteiger partial charge in [-0.15, -0.1) is 0 Å². The van der Waals surface area contributed by atoms with Crippen LogP contribution in [-0.2, 0) is 0 Å². The van der Waals surface area contributed by atoms with E-state index in [-0.39, 0.29) is 0 Å². The highest BCUT2D eigenvalue weighted by molar-refractivity contribution is 9.10. The van der Waals surface area contributed by atoms with Gasteiger partial charge < -0.3 is 10.1 Å². The quantitative estimate of drug-likeness (QED) is 0.871. The Balaban J connectivity index is 2.82. The largest absolute Gasteiger partial charge is 0.495 e. The van der Waals surface area contributed by atoms with Crippen molar-refractivity contribution in [3.63, 3.8) is 0 Å². The molecule has 2 atom stereocenters. The summed E-state index contributed by atoms with van der Waals surface area (Å²) in [5.74, 6) is 1.53. The van der Waals surface area contributed by atoms with Crippen molar-refractivity contribution in [1.82, 2.24) is 0 Å². The van der Waals surface area contributed by atoms with Gasteiger partial charge in [0, 0.05) is 10.5 Å². The van der Waals surface area contributed by atoms with E-state index < -0.39 is 0 Å². The van der Waals surface area contributed by atoms with Crippen molar-refractivity contribution < 1.29 is 4.74 Å². The number of ether oxygens (including phenoxy) is 1. The molecule has 2 nitrogen and oxygen atoms in total. The maximum atomic E-state index is 5.33. The summed E-state index contributed by atoms with van der Waals surface area (Å²) in [7, 11) is 1.70. The van der Waals surface area contributed by atoms with Crippen LogP contribution in [0.25, 0.3) is 0 Å². The molecular formula is C13H20BrNO. The van der Waals surface area contributed by atoms with Gasteiger partial charge in [0.25, 0.3) is 0 Å². The van der Waals surface area contributed by atoms with Crippen LogP contribution in [0, 0.1) is 5.92 Å². The van der Waals surface area contributed by atoms with Gasteiger partial charge in [-0.05, 0) is 31.0 Å². The molecule has 0 aromatic heterocycles. The predicted molar refractivity (Wildman–Crippen MR) is 73.2 cm³/mol. The van der Waals surface area contributed by atoms with Crippen LogP contribution in [0.5, 0.6) is 5.75 Å². The van der Waals surface area contributed by atoms with Gasteiger partial charge in [-0.2, -0.15) is 0 Å². The first kappa shape index (κ1) is 13.4. The summed E-state index contributed by atoms with van der Waals surface area (Å²) in [5, 5.41) is 3.50. The fourth-order valence-corrected chi connectivity index (χ4v) is 1.90. The maximum Gasteiger partial charge on any atom is 0.142 e. The lowest BCUT2D eigenvalue weighted by Gasteiger charge is -2.22. The third-order valence-electron chi connectivity index (χ3n) is 3.04. The number of methoxy groups -OCH3 is 1. The van der Waals surface area contributed by atoms with Crippen LogP contribution in [0.15, 0.2) is 22.7 Å². The average molecular weight is 286 g/mol. The molecule has 0 spiro atoms. The van der Waals surface area contributed by atoms with E-state index in [0.29, 0.717) is 12.0 Å². The second kappa shape index (κ2) is 6.14. The Kier molecular flexibility index (Phi) is 5.13. The molecule has 0 radical (unpaired) electrons. The Labute approximate surface area is 107 Å². The number of rotatable bonds is 5. The highest BCUT2D eigenvalue weighted by Gasteiger charge is 2.12. The molecule has 90 valence electrons. The molecule has 16 heavy (non-hydrogen) atoms. The zero-order valence-electron chi connectivity index (χ0n) is 10.4. The Morgan fingerprint density at radius 3 is 2.62 bits per heavy atom. The van der Waals surface area contributed by atoms with E-state index in [1.807, 2.05) is 12.1 Å². The van der Waals surface area contributed by atoms with Crippen molar-refractivity contribution in [2.45, 2.75) is 33.2 Å². The minimum atomic E-state index is 0.438. The average Bonchev–Trinajstić information content (AvgIpc) is 2.28. The van der Waals surface area contributed by atoms with E-state index in [1.54, 1.807) is 7.11 Å². The van der Waals surface area contributed by atoms with Gasteiger partial charge in [0.2, 0.25) is 0 Å². The zero-order valence-corrected chi connectivity index (χ0v) is 12.0. The van der Waals surface area contributed by atoms with Crippen LogP contribution in [0.2, 0.25) is 0 Å². The highest BCUT2D eigenvalue weighted by Crippen LogP contribution is 2.29. The minimum Gasteiger partial charge on any atom is -0.495 e. The number of anilines is 1. The summed E-state index contributed by atoms with van der Waals surface area (Å²) in [6.07, 6.45) is 1.17. The Morgan fingerprint density at radius 2 is 2.06 bits per heavy atom. The van der Waals surface area contributed by atoms with Crippen LogP contribution in [0.1, 0.15) is 27.2 Å². The number of benzene rings is 1. The zero-order chi connectivity index (χ0) is 12.1. The van der Waals surface area contributed by atoms with Crippen LogP contribution in [-0.4, -0.2) is 13.2 Å². The second-order valence-corrected chi connectivity index (χ2v) is 5.08. The fourth-order valence-electron chi connectivity index (χ4n) is 1.53. The third kappa shape index (κ3) is 3.41. The second-order valence-electron chi connectivity index (χ2n) is 4.16. The Bertz CT molecular complexity index is 341. The van der Waals surface area contributed by atoms with E-state index in [9.17, 15) is 0 Å². The van der Waals surface area contributed by atoms with E-state index in [4.69, 9.17) is 4.74 Å². The SMILES string of the molecule is CCC(C)C(C)Nc1cc(Br)ccc1OC. The molecule has 3 heteroatoms. The number of hydrogen-bond donors (Lipinski definition) is 1. The van der Waals surface area contributed by atoms with Gasteiger partial charge in [0.05, 0.1) is 12.8 Å². The van der Waals surface area contributed by atoms with E-state index in [2.05, 4.69) is 48.1 Å². The lowest BCUT2D eigenvalue weighted by atomic mass is 10.0. The van der Waals surface area contributed by atoms with Crippen molar-refractivity contribution in [2.24, 2.45) is 5.92 Å². The molecular weight excluding hydrogens is 266 g/mol. The molecule has 1 aromatic carbocycles. The van der Waals surface area contributed by atoms with E-state index in [0.717, 1.165) is 15.9 Å². The lowest BCUT2D eigenvalue weighted by molar-refractivity contribution is 0.414. The summed E-state index contributed by atoms with van der Waals surface area (Å²) in [6, 6.07) is 6.44. The predicted octanol–water partition coefficient (Wildman–Crippen LogP) is 4.30. The van der Waals surface area contributed by atoms with Gasteiger partial charge in [0.15, 0.2) is 0 Å². The number of hydrogen-bond acceptors (Lipinski definition) is 2. The summed E-state index contributed by atoms with van der Waals surface area (Å²) in [4.78, 5) is 0. The molecule has 0 aliphatic rings. The van der Waals surface area contributed by atoms with E-state index in [1.165, 1.54) is 6.42 Å². The number of nitrogens with one attached hydrogen (secondary N) is 1. The Morgan fingerprint density at radius 1 is 1.38 bits per heavy atom. The molecule has 0 saturated heterocycles. The maximum absolute atomic E-state index is 5.33. The van der Waals surface area contributed by atoms with Crippen molar-refractivity contribution >= 4 is 21.6 Å². The molecule has 0 bridgehead atoms. The van der Waals surface area contributed by atoms with Crippen LogP contribution >= 0.6 is 15.9 Å². The molecule has 1 rings (SSSR count). The molecule has 0 fully saturated rings. The summed E-state index contributed by atoms with van der Waals surface area (Å²) in [6.45, 7) is 6.66. The monoisotopic (exact) mass is 285 g/mol. The van der Waals surface area contributed by atoms with Gasteiger partial charge in [-0.1, -0.05) is 36.2 Å². The van der Waals surface area contributed by atoms with Gasteiger partial charge in [0.1, 0.15) is 5.75 Å². The molecule has 1 aromatic rings. The van der Waals surface area contributed by atoms with Gasteiger partial charge in [-0.25, -0.2) is 0 Å². The molecule has 1 N–H and O–H groups in total. The van der Waals surface area contributed by atoms with Gasteiger partial charge >= 0.3 is 0 Å². The van der Waals surface area contributed by atoms with Crippen LogP contribution in [0.3, 0.4) is 0 Å². The Hall–Kier alpha value is -0.700. The first-order valence-electron chi connectivity index (χ1n) is 5.68. The highest BCUT2D eigenvalue weighted by atomic mass is 79.9. The van der Waals surface area contributed by atoms with Crippen molar-refractivity contribution in [3.05, 3.63) is 22.7 Å². The first-order valence-corrected chi connectivity index (χ1v) is 6.47. The lowest BCUT2D eigenvalue weighted by Crippen LogP contribution is -2.23. The number of halogens is 1. The van der Waals surface area contributed by atoms with Crippen molar-refractivity contribution in [3.8, 4) is 5.75 Å². The van der Waals surface area contributed by atoms with Crippen LogP contribution in [0.4, 0.5) is 5.69 Å². The fraction of sp³-hybridized carbons (Fsp3) is 0.538. The third-order valence-corrected chi connectivity index (χ3v) is 3.54. The van der Waals surface area contributed by atoms with Crippen LogP contribution < -0.4 is 10.1 Å². The van der Waals surface area contributed by atoms with Crippen molar-refractivity contribution in [1.29, 1.82) is 0 Å². The van der Waals surface area contributed by atoms with E-state index >= 15 is 0 Å². The smallest absolute Gasteiger partial charge is 0.142 e. The molecule has 0 aliphatic heterocycles. The molecule has 2 unspecified atom stereocenters. The molecule has 0 saturated carbocycles. The summed E-state index contributed by atoms with van der Waals surface area (Å²) in [5.41, 5.74) is 1.05. The summed E-state index contributed by atoms with van der Waals surface area (Å²) >= 11 is 3.47. The van der Waals surface area contributed by atoms with Gasteiger partial charge in [-0.3, -0.25) is 0 Å². The summed E-state index contributed by atoms with van der Waals surface area (Å²) < 4.78 is 6.39. The first-order chi connectivity index (χ1) is 7.58. The molecule has 0 aliphatic carbocycles. The molecule has 0 amide bonds. The minimum absolute atomic E-state index is 0.438. The van der Waals surface area contributed by atoms with Crippen molar-refractivity contribution in [2.75, 3.05) is 12.4 Å². The topological polar surface area (TPSA) is 21.3 Å². The molecule has 0 heterocycles.